The predicted octanol–water partition coefficient (Wildman–Crippen LogP) is 3.74. The van der Waals surface area contributed by atoms with E-state index < -0.39 is 5.97 Å². The molecule has 4 N–H and O–H groups in total. The van der Waals surface area contributed by atoms with Crippen LogP contribution < -0.4 is 11.1 Å². The SMILES string of the molecule is CCCCC(CCC)Nc1cccc(C(=O)O)c1N. The number of unbranched alkanes of at least 4 members (excludes halogenated alkanes) is 1. The maximum absolute atomic E-state index is 11.0. The zero-order valence-corrected chi connectivity index (χ0v) is 11.8. The first-order chi connectivity index (χ1) is 9.10. The van der Waals surface area contributed by atoms with Crippen molar-refractivity contribution in [3.05, 3.63) is 23.8 Å². The third kappa shape index (κ3) is 4.47. The Bertz CT molecular complexity index is 419. The lowest BCUT2D eigenvalue weighted by Crippen LogP contribution is -2.20. The first-order valence-corrected chi connectivity index (χ1v) is 6.98. The Labute approximate surface area is 115 Å². The second-order valence-corrected chi connectivity index (χ2v) is 4.84. The van der Waals surface area contributed by atoms with Crippen LogP contribution in [0.25, 0.3) is 0 Å². The molecule has 1 atom stereocenters. The highest BCUT2D eigenvalue weighted by molar-refractivity contribution is 5.97. The lowest BCUT2D eigenvalue weighted by molar-refractivity contribution is 0.0698. The number of carboxylic acids is 1. The van der Waals surface area contributed by atoms with Gasteiger partial charge >= 0.3 is 5.97 Å². The molecule has 0 aliphatic rings. The predicted molar refractivity (Wildman–Crippen MR) is 79.7 cm³/mol. The van der Waals surface area contributed by atoms with Gasteiger partial charge in [0.05, 0.1) is 16.9 Å². The van der Waals surface area contributed by atoms with Crippen LogP contribution in [0.15, 0.2) is 18.2 Å². The van der Waals surface area contributed by atoms with E-state index in [2.05, 4.69) is 19.2 Å². The van der Waals surface area contributed by atoms with Crippen molar-refractivity contribution in [1.29, 1.82) is 0 Å². The average Bonchev–Trinajstić information content (AvgIpc) is 2.38. The molecule has 19 heavy (non-hydrogen) atoms. The van der Waals surface area contributed by atoms with E-state index in [-0.39, 0.29) is 5.56 Å². The summed E-state index contributed by atoms with van der Waals surface area (Å²) in [5.74, 6) is -0.984. The van der Waals surface area contributed by atoms with Crippen LogP contribution in [-0.2, 0) is 0 Å². The van der Waals surface area contributed by atoms with Crippen molar-refractivity contribution in [3.63, 3.8) is 0 Å². The smallest absolute Gasteiger partial charge is 0.337 e. The highest BCUT2D eigenvalue weighted by Gasteiger charge is 2.13. The molecular formula is C15H24N2O2. The minimum Gasteiger partial charge on any atom is -0.478 e. The summed E-state index contributed by atoms with van der Waals surface area (Å²) in [5.41, 5.74) is 7.13. The van der Waals surface area contributed by atoms with Gasteiger partial charge in [0, 0.05) is 6.04 Å². The second-order valence-electron chi connectivity index (χ2n) is 4.84. The topological polar surface area (TPSA) is 75.3 Å². The molecule has 1 aromatic carbocycles. The van der Waals surface area contributed by atoms with Gasteiger partial charge < -0.3 is 16.2 Å². The van der Waals surface area contributed by atoms with Gasteiger partial charge in [-0.15, -0.1) is 0 Å². The fraction of sp³-hybridized carbons (Fsp3) is 0.533. The van der Waals surface area contributed by atoms with E-state index >= 15 is 0 Å². The van der Waals surface area contributed by atoms with E-state index in [0.29, 0.717) is 11.7 Å². The van der Waals surface area contributed by atoms with Crippen molar-refractivity contribution < 1.29 is 9.90 Å². The molecule has 4 nitrogen and oxygen atoms in total. The summed E-state index contributed by atoms with van der Waals surface area (Å²) in [5, 5.41) is 12.5. The molecule has 0 aromatic heterocycles. The monoisotopic (exact) mass is 264 g/mol. The maximum Gasteiger partial charge on any atom is 0.337 e. The number of nitrogens with one attached hydrogen (secondary N) is 1. The highest BCUT2D eigenvalue weighted by atomic mass is 16.4. The number of hydrogen-bond donors (Lipinski definition) is 3. The van der Waals surface area contributed by atoms with Crippen molar-refractivity contribution >= 4 is 17.3 Å². The molecule has 0 bridgehead atoms. The molecule has 4 heteroatoms. The molecule has 0 heterocycles. The minimum atomic E-state index is -0.984. The Hall–Kier alpha value is -1.71. The van der Waals surface area contributed by atoms with Crippen LogP contribution in [0.5, 0.6) is 0 Å². The minimum absolute atomic E-state index is 0.163. The number of aromatic carboxylic acids is 1. The number of benzene rings is 1. The molecular weight excluding hydrogens is 240 g/mol. The Balaban J connectivity index is 2.83. The normalized spacial score (nSPS) is 12.1. The van der Waals surface area contributed by atoms with Gasteiger partial charge in [-0.1, -0.05) is 39.2 Å². The number of anilines is 2. The van der Waals surface area contributed by atoms with E-state index in [9.17, 15) is 4.79 Å². The lowest BCUT2D eigenvalue weighted by atomic mass is 10.0. The third-order valence-corrected chi connectivity index (χ3v) is 3.24. The van der Waals surface area contributed by atoms with Crippen molar-refractivity contribution in [1.82, 2.24) is 0 Å². The van der Waals surface area contributed by atoms with E-state index in [1.807, 2.05) is 6.07 Å². The van der Waals surface area contributed by atoms with Gasteiger partial charge in [0.1, 0.15) is 0 Å². The van der Waals surface area contributed by atoms with Crippen LogP contribution in [0.3, 0.4) is 0 Å². The summed E-state index contributed by atoms with van der Waals surface area (Å²) >= 11 is 0. The Kier molecular flexibility index (Phi) is 6.19. The number of rotatable bonds is 8. The van der Waals surface area contributed by atoms with Crippen LogP contribution in [0, 0.1) is 0 Å². The average molecular weight is 264 g/mol. The zero-order chi connectivity index (χ0) is 14.3. The van der Waals surface area contributed by atoms with E-state index in [4.69, 9.17) is 10.8 Å². The summed E-state index contributed by atoms with van der Waals surface area (Å²) in [6.07, 6.45) is 5.57. The first kappa shape index (κ1) is 15.3. The fourth-order valence-corrected chi connectivity index (χ4v) is 2.19. The molecule has 0 spiro atoms. The van der Waals surface area contributed by atoms with Crippen molar-refractivity contribution in [2.24, 2.45) is 0 Å². The van der Waals surface area contributed by atoms with Gasteiger partial charge in [-0.3, -0.25) is 0 Å². The molecule has 1 rings (SSSR count). The van der Waals surface area contributed by atoms with Crippen LogP contribution in [-0.4, -0.2) is 17.1 Å². The van der Waals surface area contributed by atoms with Gasteiger partial charge in [-0.05, 0) is 25.0 Å². The first-order valence-electron chi connectivity index (χ1n) is 6.98. The number of nitrogens with two attached hydrogens (primary N) is 1. The summed E-state index contributed by atoms with van der Waals surface area (Å²) < 4.78 is 0. The molecule has 1 aromatic rings. The molecule has 0 aliphatic carbocycles. The zero-order valence-electron chi connectivity index (χ0n) is 11.8. The van der Waals surface area contributed by atoms with Gasteiger partial charge in [0.2, 0.25) is 0 Å². The molecule has 1 unspecified atom stereocenters. The van der Waals surface area contributed by atoms with Crippen LogP contribution in [0.2, 0.25) is 0 Å². The number of hydrogen-bond acceptors (Lipinski definition) is 3. The lowest BCUT2D eigenvalue weighted by Gasteiger charge is -2.21. The molecule has 106 valence electrons. The van der Waals surface area contributed by atoms with Crippen LogP contribution in [0.4, 0.5) is 11.4 Å². The molecule has 0 amide bonds. The molecule has 0 fully saturated rings. The molecule has 0 saturated carbocycles. The van der Waals surface area contributed by atoms with Gasteiger partial charge in [-0.2, -0.15) is 0 Å². The Morgan fingerprint density at radius 3 is 2.63 bits per heavy atom. The van der Waals surface area contributed by atoms with Crippen LogP contribution >= 0.6 is 0 Å². The van der Waals surface area contributed by atoms with Crippen molar-refractivity contribution in [2.75, 3.05) is 11.1 Å². The number of carbonyl (C=O) groups is 1. The number of carboxylic acid groups (broad SMARTS) is 1. The van der Waals surface area contributed by atoms with Gasteiger partial charge in [0.25, 0.3) is 0 Å². The van der Waals surface area contributed by atoms with Gasteiger partial charge in [-0.25, -0.2) is 4.79 Å². The van der Waals surface area contributed by atoms with Crippen LogP contribution in [0.1, 0.15) is 56.3 Å². The molecule has 0 saturated heterocycles. The molecule has 0 aliphatic heterocycles. The van der Waals surface area contributed by atoms with Gasteiger partial charge in [0.15, 0.2) is 0 Å². The number of nitrogen functional groups attached to an aromatic ring is 1. The van der Waals surface area contributed by atoms with E-state index in [1.165, 1.54) is 6.07 Å². The second kappa shape index (κ2) is 7.67. The summed E-state index contributed by atoms with van der Waals surface area (Å²) in [4.78, 5) is 11.0. The maximum atomic E-state index is 11.0. The summed E-state index contributed by atoms with van der Waals surface area (Å²) in [6, 6.07) is 5.46. The van der Waals surface area contributed by atoms with Crippen molar-refractivity contribution in [2.45, 2.75) is 52.0 Å². The van der Waals surface area contributed by atoms with E-state index in [0.717, 1.165) is 37.8 Å². The third-order valence-electron chi connectivity index (χ3n) is 3.24. The standard InChI is InChI=1S/C15H24N2O2/c1-3-5-8-11(7-4-2)17-13-10-6-9-12(14(13)16)15(18)19/h6,9-11,17H,3-5,7-8,16H2,1-2H3,(H,18,19). The summed E-state index contributed by atoms with van der Waals surface area (Å²) in [7, 11) is 0. The Morgan fingerprint density at radius 2 is 2.05 bits per heavy atom. The number of para-hydroxylation sites is 1. The Morgan fingerprint density at radius 1 is 1.32 bits per heavy atom. The quantitative estimate of drug-likeness (QED) is 0.625. The molecule has 0 radical (unpaired) electrons. The summed E-state index contributed by atoms with van der Waals surface area (Å²) in [6.45, 7) is 4.32. The highest BCUT2D eigenvalue weighted by Crippen LogP contribution is 2.25. The fourth-order valence-electron chi connectivity index (χ4n) is 2.19. The van der Waals surface area contributed by atoms with E-state index in [1.54, 1.807) is 6.07 Å². The largest absolute Gasteiger partial charge is 0.478 e. The van der Waals surface area contributed by atoms with Crippen molar-refractivity contribution in [3.8, 4) is 0 Å².